The summed E-state index contributed by atoms with van der Waals surface area (Å²) in [5.41, 5.74) is 3.36. The molecule has 2 heterocycles. The Balaban J connectivity index is 1.66. The molecule has 2 N–H and O–H groups in total. The van der Waals surface area contributed by atoms with Gasteiger partial charge >= 0.3 is 0 Å². The summed E-state index contributed by atoms with van der Waals surface area (Å²) in [5.74, 6) is 0.803. The number of carbonyl (C=O) groups is 1. The number of ether oxygens (including phenoxy) is 2. The highest BCUT2D eigenvalue weighted by Gasteiger charge is 2.12. The van der Waals surface area contributed by atoms with Crippen molar-refractivity contribution < 1.29 is 14.3 Å². The molecule has 0 atom stereocenters. The Kier molecular flexibility index (Phi) is 7.75. The minimum atomic E-state index is -0.317. The third-order valence-corrected chi connectivity index (χ3v) is 4.55. The summed E-state index contributed by atoms with van der Waals surface area (Å²) in [5, 5.41) is 6.29. The van der Waals surface area contributed by atoms with Crippen molar-refractivity contribution in [1.29, 1.82) is 0 Å². The van der Waals surface area contributed by atoms with Crippen LogP contribution in [0.15, 0.2) is 42.6 Å². The Bertz CT molecular complexity index is 1040. The van der Waals surface area contributed by atoms with Crippen molar-refractivity contribution in [2.45, 2.75) is 20.4 Å². The molecule has 0 aliphatic carbocycles. The zero-order valence-corrected chi connectivity index (χ0v) is 18.4. The first kappa shape index (κ1) is 22.5. The van der Waals surface area contributed by atoms with Crippen LogP contribution >= 0.6 is 11.6 Å². The second-order valence-corrected chi connectivity index (χ2v) is 7.21. The number of hydrogen-bond acceptors (Lipinski definition) is 7. The van der Waals surface area contributed by atoms with Crippen molar-refractivity contribution in [2.75, 3.05) is 25.6 Å². The number of hydrogen-bond donors (Lipinski definition) is 2. The fourth-order valence-electron chi connectivity index (χ4n) is 2.84. The molecule has 162 valence electrons. The minimum absolute atomic E-state index is 0.231. The van der Waals surface area contributed by atoms with E-state index in [-0.39, 0.29) is 12.5 Å². The smallest absolute Gasteiger partial charge is 0.253 e. The normalized spacial score (nSPS) is 10.6. The maximum atomic E-state index is 12.7. The van der Waals surface area contributed by atoms with Crippen LogP contribution in [0.3, 0.4) is 0 Å². The van der Waals surface area contributed by atoms with Gasteiger partial charge in [0.25, 0.3) is 5.91 Å². The summed E-state index contributed by atoms with van der Waals surface area (Å²) >= 11 is 6.26. The van der Waals surface area contributed by atoms with E-state index in [1.165, 1.54) is 0 Å². The van der Waals surface area contributed by atoms with Crippen LogP contribution in [0, 0.1) is 13.8 Å². The van der Waals surface area contributed by atoms with E-state index in [4.69, 9.17) is 21.1 Å². The number of nitrogens with one attached hydrogen (secondary N) is 2. The summed E-state index contributed by atoms with van der Waals surface area (Å²) in [6, 6.07) is 10.5. The lowest BCUT2D eigenvalue weighted by atomic mass is 10.2. The number of amides is 1. The molecule has 0 fully saturated rings. The zero-order chi connectivity index (χ0) is 22.2. The highest BCUT2D eigenvalue weighted by molar-refractivity contribution is 6.34. The van der Waals surface area contributed by atoms with Crippen LogP contribution in [0.4, 0.5) is 11.6 Å². The van der Waals surface area contributed by atoms with E-state index in [9.17, 15) is 4.79 Å². The highest BCUT2D eigenvalue weighted by Crippen LogP contribution is 2.23. The van der Waals surface area contributed by atoms with E-state index in [0.29, 0.717) is 46.9 Å². The number of benzene rings is 1. The number of pyridine rings is 1. The lowest BCUT2D eigenvalue weighted by molar-refractivity contribution is 0.0950. The van der Waals surface area contributed by atoms with Gasteiger partial charge in [0.05, 0.1) is 29.4 Å². The Morgan fingerprint density at radius 2 is 1.84 bits per heavy atom. The van der Waals surface area contributed by atoms with Gasteiger partial charge in [-0.2, -0.15) is 0 Å². The molecule has 0 saturated heterocycles. The Morgan fingerprint density at radius 1 is 1.06 bits per heavy atom. The maximum Gasteiger partial charge on any atom is 0.253 e. The molecule has 0 bridgehead atoms. The van der Waals surface area contributed by atoms with Gasteiger partial charge in [0.2, 0.25) is 5.95 Å². The van der Waals surface area contributed by atoms with Gasteiger partial charge in [0.15, 0.2) is 0 Å². The van der Waals surface area contributed by atoms with E-state index in [0.717, 1.165) is 11.4 Å². The Morgan fingerprint density at radius 3 is 2.58 bits per heavy atom. The van der Waals surface area contributed by atoms with Gasteiger partial charge < -0.3 is 20.1 Å². The standard InChI is InChI=1S/C22H24ClN5O3/c1-14-10-15(2)27-22(26-14)28-16-4-5-20(23)19(12-16)21(29)25-13-17-11-18(6-7-24-17)31-9-8-30-3/h4-7,10-12H,8-9,13H2,1-3H3,(H,25,29)(H,26,27,28). The Labute approximate surface area is 186 Å². The molecule has 0 aliphatic heterocycles. The van der Waals surface area contributed by atoms with Crippen LogP contribution in [-0.2, 0) is 11.3 Å². The van der Waals surface area contributed by atoms with Crippen LogP contribution in [0.1, 0.15) is 27.4 Å². The average molecular weight is 442 g/mol. The minimum Gasteiger partial charge on any atom is -0.491 e. The molecule has 0 spiro atoms. The first-order valence-electron chi connectivity index (χ1n) is 9.68. The van der Waals surface area contributed by atoms with E-state index < -0.39 is 0 Å². The Hall–Kier alpha value is -3.23. The van der Waals surface area contributed by atoms with Gasteiger partial charge in [0.1, 0.15) is 12.4 Å². The third kappa shape index (κ3) is 6.63. The SMILES string of the molecule is COCCOc1ccnc(CNC(=O)c2cc(Nc3nc(C)cc(C)n3)ccc2Cl)c1. The van der Waals surface area contributed by atoms with Gasteiger partial charge in [-0.3, -0.25) is 9.78 Å². The lowest BCUT2D eigenvalue weighted by Gasteiger charge is -2.11. The quantitative estimate of drug-likeness (QED) is 0.487. The van der Waals surface area contributed by atoms with E-state index >= 15 is 0 Å². The topological polar surface area (TPSA) is 98.3 Å². The first-order chi connectivity index (χ1) is 14.9. The monoisotopic (exact) mass is 441 g/mol. The van der Waals surface area contributed by atoms with Crippen molar-refractivity contribution in [2.24, 2.45) is 0 Å². The highest BCUT2D eigenvalue weighted by atomic mass is 35.5. The molecule has 2 aromatic heterocycles. The summed E-state index contributed by atoms with van der Waals surface area (Å²) in [6.45, 7) is 4.95. The fraction of sp³-hybridized carbons (Fsp3) is 0.273. The van der Waals surface area contributed by atoms with Gasteiger partial charge in [0, 0.05) is 36.4 Å². The lowest BCUT2D eigenvalue weighted by Crippen LogP contribution is -2.23. The number of rotatable bonds is 9. The third-order valence-electron chi connectivity index (χ3n) is 4.22. The number of halogens is 1. The van der Waals surface area contributed by atoms with Gasteiger partial charge in [-0.15, -0.1) is 0 Å². The number of nitrogens with zero attached hydrogens (tertiary/aromatic N) is 3. The van der Waals surface area contributed by atoms with Crippen LogP contribution in [-0.4, -0.2) is 41.2 Å². The van der Waals surface area contributed by atoms with Gasteiger partial charge in [-0.25, -0.2) is 9.97 Å². The molecule has 1 amide bonds. The van der Waals surface area contributed by atoms with Gasteiger partial charge in [-0.05, 0) is 44.2 Å². The van der Waals surface area contributed by atoms with E-state index in [1.54, 1.807) is 43.6 Å². The number of aromatic nitrogens is 3. The molecule has 31 heavy (non-hydrogen) atoms. The molecule has 3 rings (SSSR count). The molecule has 8 nitrogen and oxygen atoms in total. The van der Waals surface area contributed by atoms with Crippen molar-refractivity contribution >= 4 is 29.1 Å². The van der Waals surface area contributed by atoms with Crippen molar-refractivity contribution in [3.8, 4) is 5.75 Å². The summed E-state index contributed by atoms with van der Waals surface area (Å²) in [7, 11) is 1.61. The molecule has 3 aromatic rings. The van der Waals surface area contributed by atoms with Crippen LogP contribution in [0.25, 0.3) is 0 Å². The van der Waals surface area contributed by atoms with Crippen LogP contribution in [0.5, 0.6) is 5.75 Å². The summed E-state index contributed by atoms with van der Waals surface area (Å²) in [4.78, 5) is 25.7. The van der Waals surface area contributed by atoms with Crippen molar-refractivity contribution in [1.82, 2.24) is 20.3 Å². The molecule has 0 saturated carbocycles. The summed E-state index contributed by atoms with van der Waals surface area (Å²) in [6.07, 6.45) is 1.63. The molecule has 1 aromatic carbocycles. The van der Waals surface area contributed by atoms with E-state index in [1.807, 2.05) is 19.9 Å². The fourth-order valence-corrected chi connectivity index (χ4v) is 3.04. The molecule has 9 heteroatoms. The number of aryl methyl sites for hydroxylation is 2. The van der Waals surface area contributed by atoms with E-state index in [2.05, 4.69) is 25.6 Å². The van der Waals surface area contributed by atoms with Crippen molar-refractivity contribution in [3.63, 3.8) is 0 Å². The predicted octanol–water partition coefficient (Wildman–Crippen LogP) is 3.84. The molecular weight excluding hydrogens is 418 g/mol. The molecular formula is C22H24ClN5O3. The molecule has 0 aliphatic rings. The second-order valence-electron chi connectivity index (χ2n) is 6.80. The zero-order valence-electron chi connectivity index (χ0n) is 17.6. The summed E-state index contributed by atoms with van der Waals surface area (Å²) < 4.78 is 10.5. The first-order valence-corrected chi connectivity index (χ1v) is 10.1. The second kappa shape index (κ2) is 10.7. The number of methoxy groups -OCH3 is 1. The number of carbonyl (C=O) groups excluding carboxylic acids is 1. The van der Waals surface area contributed by atoms with Gasteiger partial charge in [-0.1, -0.05) is 11.6 Å². The van der Waals surface area contributed by atoms with Crippen molar-refractivity contribution in [3.05, 3.63) is 70.3 Å². The van der Waals surface area contributed by atoms with Crippen LogP contribution in [0.2, 0.25) is 5.02 Å². The largest absolute Gasteiger partial charge is 0.491 e. The molecule has 0 radical (unpaired) electrons. The number of anilines is 2. The predicted molar refractivity (Wildman–Crippen MR) is 119 cm³/mol. The average Bonchev–Trinajstić information content (AvgIpc) is 2.73. The molecule has 0 unspecified atom stereocenters. The van der Waals surface area contributed by atoms with Crippen LogP contribution < -0.4 is 15.4 Å². The maximum absolute atomic E-state index is 12.7.